The summed E-state index contributed by atoms with van der Waals surface area (Å²) in [4.78, 5) is 35.8. The van der Waals surface area contributed by atoms with Crippen LogP contribution in [0, 0.1) is 5.92 Å². The first-order valence-corrected chi connectivity index (χ1v) is 11.6. The minimum Gasteiger partial charge on any atom is -0.481 e. The minimum atomic E-state index is -0.797. The Morgan fingerprint density at radius 1 is 0.970 bits per heavy atom. The van der Waals surface area contributed by atoms with E-state index in [9.17, 15) is 14.4 Å². The van der Waals surface area contributed by atoms with Crippen molar-refractivity contribution in [2.45, 2.75) is 56.0 Å². The molecule has 2 saturated carbocycles. The third kappa shape index (κ3) is 4.58. The lowest BCUT2D eigenvalue weighted by Gasteiger charge is -2.35. The zero-order chi connectivity index (χ0) is 23.0. The van der Waals surface area contributed by atoms with Crippen LogP contribution in [0.4, 0.5) is 4.79 Å². The molecule has 0 heterocycles. The Morgan fingerprint density at radius 2 is 1.58 bits per heavy atom. The molecule has 0 radical (unpaired) electrons. The Kier molecular flexibility index (Phi) is 5.56. The van der Waals surface area contributed by atoms with E-state index in [1.54, 1.807) is 0 Å². The average Bonchev–Trinajstić information content (AvgIpc) is 3.42. The van der Waals surface area contributed by atoms with Crippen LogP contribution in [-0.2, 0) is 14.3 Å². The molecular weight excluding hydrogens is 420 g/mol. The largest absolute Gasteiger partial charge is 0.481 e. The molecule has 5 rings (SSSR count). The van der Waals surface area contributed by atoms with Gasteiger partial charge >= 0.3 is 12.1 Å². The lowest BCUT2D eigenvalue weighted by Crippen LogP contribution is -2.48. The van der Waals surface area contributed by atoms with Crippen LogP contribution < -0.4 is 10.6 Å². The molecule has 0 aliphatic heterocycles. The van der Waals surface area contributed by atoms with E-state index in [2.05, 4.69) is 34.9 Å². The monoisotopic (exact) mass is 448 g/mol. The van der Waals surface area contributed by atoms with Gasteiger partial charge in [-0.2, -0.15) is 0 Å². The van der Waals surface area contributed by atoms with Crippen LogP contribution >= 0.6 is 0 Å². The normalized spacial score (nSPS) is 21.8. The third-order valence-electron chi connectivity index (χ3n) is 7.13. The number of carboxylic acids is 1. The van der Waals surface area contributed by atoms with Gasteiger partial charge in [-0.15, -0.1) is 0 Å². The summed E-state index contributed by atoms with van der Waals surface area (Å²) in [5.41, 5.74) is 4.15. The van der Waals surface area contributed by atoms with Crippen LogP contribution in [0.25, 0.3) is 11.1 Å². The van der Waals surface area contributed by atoms with Gasteiger partial charge in [-0.1, -0.05) is 48.5 Å². The van der Waals surface area contributed by atoms with Crippen LogP contribution in [0.15, 0.2) is 48.5 Å². The molecule has 3 aliphatic carbocycles. The van der Waals surface area contributed by atoms with Crippen molar-refractivity contribution in [2.24, 2.45) is 5.92 Å². The van der Waals surface area contributed by atoms with Crippen LogP contribution in [0.3, 0.4) is 0 Å². The van der Waals surface area contributed by atoms with Crippen molar-refractivity contribution in [2.75, 3.05) is 6.61 Å². The first-order valence-electron chi connectivity index (χ1n) is 11.6. The Hall–Kier alpha value is -3.35. The van der Waals surface area contributed by atoms with E-state index in [-0.39, 0.29) is 43.2 Å². The molecule has 3 aliphatic rings. The molecule has 172 valence electrons. The van der Waals surface area contributed by atoms with Gasteiger partial charge in [0, 0.05) is 24.8 Å². The third-order valence-corrected chi connectivity index (χ3v) is 7.13. The number of nitrogens with one attached hydrogen (secondary N) is 2. The zero-order valence-electron chi connectivity index (χ0n) is 18.4. The Balaban J connectivity index is 1.12. The summed E-state index contributed by atoms with van der Waals surface area (Å²) in [5.74, 6) is -0.764. The Labute approximate surface area is 192 Å². The molecule has 0 spiro atoms. The lowest BCUT2D eigenvalue weighted by molar-refractivity contribution is -0.139. The van der Waals surface area contributed by atoms with Gasteiger partial charge in [0.05, 0.1) is 5.54 Å². The molecule has 7 nitrogen and oxygen atoms in total. The molecule has 2 amide bonds. The molecule has 0 atom stereocenters. The molecule has 0 saturated heterocycles. The predicted molar refractivity (Wildman–Crippen MR) is 122 cm³/mol. The summed E-state index contributed by atoms with van der Waals surface area (Å²) in [6.45, 7) is 0.245. The maximum absolute atomic E-state index is 12.6. The van der Waals surface area contributed by atoms with Gasteiger partial charge in [0.15, 0.2) is 0 Å². The minimum absolute atomic E-state index is 0.000957. The molecule has 2 aromatic carbocycles. The molecular formula is C26H28N2O5. The maximum atomic E-state index is 12.6. The van der Waals surface area contributed by atoms with E-state index in [4.69, 9.17) is 9.84 Å². The van der Waals surface area contributed by atoms with Crippen LogP contribution in [0.2, 0.25) is 0 Å². The van der Waals surface area contributed by atoms with Gasteiger partial charge < -0.3 is 20.5 Å². The molecule has 0 aromatic heterocycles. The van der Waals surface area contributed by atoms with Gasteiger partial charge in [-0.25, -0.2) is 4.79 Å². The van der Waals surface area contributed by atoms with Crippen molar-refractivity contribution in [3.63, 3.8) is 0 Å². The number of ether oxygens (including phenoxy) is 1. The summed E-state index contributed by atoms with van der Waals surface area (Å²) >= 11 is 0. The molecule has 0 unspecified atom stereocenters. The lowest BCUT2D eigenvalue weighted by atomic mass is 9.78. The Bertz CT molecular complexity index is 1040. The molecule has 7 heteroatoms. The van der Waals surface area contributed by atoms with Crippen molar-refractivity contribution in [1.82, 2.24) is 10.6 Å². The summed E-state index contributed by atoms with van der Waals surface area (Å²) in [6, 6.07) is 16.4. The number of alkyl carbamates (subject to hydrolysis) is 1. The van der Waals surface area contributed by atoms with E-state index in [0.717, 1.165) is 24.0 Å². The molecule has 3 N–H and O–H groups in total. The van der Waals surface area contributed by atoms with Crippen LogP contribution in [0.5, 0.6) is 0 Å². The van der Waals surface area contributed by atoms with Crippen molar-refractivity contribution in [3.8, 4) is 11.1 Å². The van der Waals surface area contributed by atoms with Crippen molar-refractivity contribution >= 4 is 18.0 Å². The molecule has 33 heavy (non-hydrogen) atoms. The number of aliphatic carboxylic acids is 1. The van der Waals surface area contributed by atoms with Gasteiger partial charge in [-0.05, 0) is 53.9 Å². The van der Waals surface area contributed by atoms with Crippen molar-refractivity contribution < 1.29 is 24.2 Å². The second-order valence-electron chi connectivity index (χ2n) is 9.61. The van der Waals surface area contributed by atoms with Gasteiger partial charge in [0.25, 0.3) is 0 Å². The highest BCUT2D eigenvalue weighted by Crippen LogP contribution is 2.45. The van der Waals surface area contributed by atoms with Crippen molar-refractivity contribution in [3.05, 3.63) is 59.7 Å². The number of hydrogen-bond acceptors (Lipinski definition) is 4. The number of hydrogen-bond donors (Lipinski definition) is 3. The fraction of sp³-hybridized carbons (Fsp3) is 0.423. The predicted octanol–water partition coefficient (Wildman–Crippen LogP) is 3.82. The maximum Gasteiger partial charge on any atom is 0.407 e. The Morgan fingerprint density at radius 3 is 2.15 bits per heavy atom. The zero-order valence-corrected chi connectivity index (χ0v) is 18.4. The van der Waals surface area contributed by atoms with Gasteiger partial charge in [-0.3, -0.25) is 9.59 Å². The second-order valence-corrected chi connectivity index (χ2v) is 9.61. The average molecular weight is 449 g/mol. The summed E-state index contributed by atoms with van der Waals surface area (Å²) < 4.78 is 5.62. The van der Waals surface area contributed by atoms with E-state index in [1.165, 1.54) is 11.1 Å². The number of carboxylic acid groups (broad SMARTS) is 1. The van der Waals surface area contributed by atoms with Crippen LogP contribution in [0.1, 0.15) is 55.6 Å². The number of carbonyl (C=O) groups is 3. The number of carbonyl (C=O) groups excluding carboxylic acids is 2. The highest BCUT2D eigenvalue weighted by atomic mass is 16.5. The van der Waals surface area contributed by atoms with E-state index < -0.39 is 17.6 Å². The summed E-state index contributed by atoms with van der Waals surface area (Å²) in [5, 5.41) is 14.7. The molecule has 0 bridgehead atoms. The SMILES string of the molecule is O=C(O)CC1CC(NC(=O)CC2(NC(=O)OCC3c4ccccc4-c4ccccc43)CC2)C1. The van der Waals surface area contributed by atoms with Crippen molar-refractivity contribution in [1.29, 1.82) is 0 Å². The second kappa shape index (κ2) is 8.54. The number of benzene rings is 2. The van der Waals surface area contributed by atoms with E-state index in [0.29, 0.717) is 12.8 Å². The van der Waals surface area contributed by atoms with Gasteiger partial charge in [0.1, 0.15) is 6.61 Å². The summed E-state index contributed by atoms with van der Waals surface area (Å²) in [6.07, 6.45) is 2.77. The first kappa shape index (κ1) is 21.5. The van der Waals surface area contributed by atoms with E-state index in [1.807, 2.05) is 24.3 Å². The molecule has 2 aromatic rings. The summed E-state index contributed by atoms with van der Waals surface area (Å²) in [7, 11) is 0. The number of rotatable bonds is 8. The fourth-order valence-corrected chi connectivity index (χ4v) is 5.20. The quantitative estimate of drug-likeness (QED) is 0.570. The van der Waals surface area contributed by atoms with Gasteiger partial charge in [0.2, 0.25) is 5.91 Å². The first-order chi connectivity index (χ1) is 15.9. The number of amides is 2. The highest BCUT2D eigenvalue weighted by Gasteiger charge is 2.47. The highest BCUT2D eigenvalue weighted by molar-refractivity contribution is 5.81. The number of fused-ring (bicyclic) bond motifs is 3. The molecule has 2 fully saturated rings. The van der Waals surface area contributed by atoms with E-state index >= 15 is 0 Å². The topological polar surface area (TPSA) is 105 Å². The smallest absolute Gasteiger partial charge is 0.407 e. The standard InChI is InChI=1S/C26H28N2O5/c29-23(27-17-11-16(12-17)13-24(30)31)14-26(9-10-26)28-25(32)33-15-22-20-7-3-1-5-18(20)19-6-2-4-8-21(19)22/h1-8,16-17,22H,9-15H2,(H,27,29)(H,28,32)(H,30,31). The fourth-order valence-electron chi connectivity index (χ4n) is 5.20. The van der Waals surface area contributed by atoms with Crippen LogP contribution in [-0.4, -0.2) is 41.3 Å².